The third-order valence-corrected chi connectivity index (χ3v) is 4.33. The molecule has 2 aromatic rings. The van der Waals surface area contributed by atoms with E-state index < -0.39 is 5.95 Å². The summed E-state index contributed by atoms with van der Waals surface area (Å²) in [6.45, 7) is 0. The van der Waals surface area contributed by atoms with E-state index in [-0.39, 0.29) is 17.8 Å². The number of carbonyl (C=O) groups is 1. The van der Waals surface area contributed by atoms with Gasteiger partial charge >= 0.3 is 5.91 Å². The summed E-state index contributed by atoms with van der Waals surface area (Å²) in [7, 11) is 0. The molecule has 7 heteroatoms. The molecule has 2 fully saturated rings. The monoisotopic (exact) mass is 302 g/mol. The Balaban J connectivity index is 1.46. The molecule has 0 radical (unpaired) electrons. The molecule has 114 valence electrons. The van der Waals surface area contributed by atoms with Gasteiger partial charge in [-0.2, -0.15) is 4.39 Å². The molecule has 22 heavy (non-hydrogen) atoms. The van der Waals surface area contributed by atoms with Gasteiger partial charge in [0.1, 0.15) is 0 Å². The van der Waals surface area contributed by atoms with Crippen molar-refractivity contribution in [1.29, 1.82) is 0 Å². The van der Waals surface area contributed by atoms with Crippen LogP contribution in [0.3, 0.4) is 0 Å². The Morgan fingerprint density at radius 2 is 2.23 bits per heavy atom. The van der Waals surface area contributed by atoms with Gasteiger partial charge in [-0.25, -0.2) is 9.97 Å². The molecular formula is C15H15FN4O2. The molecule has 0 aliphatic carbocycles. The van der Waals surface area contributed by atoms with Crippen LogP contribution in [0.5, 0.6) is 0 Å². The first-order chi connectivity index (χ1) is 10.7. The number of hydrogen-bond acceptors (Lipinski definition) is 5. The highest BCUT2D eigenvalue weighted by Gasteiger charge is 2.40. The number of oxazole rings is 1. The summed E-state index contributed by atoms with van der Waals surface area (Å²) in [4.78, 5) is 19.8. The normalized spacial score (nSPS) is 26.3. The van der Waals surface area contributed by atoms with Gasteiger partial charge in [0.2, 0.25) is 5.95 Å². The van der Waals surface area contributed by atoms with Crippen LogP contribution in [0.25, 0.3) is 11.3 Å². The second kappa shape index (κ2) is 5.17. The van der Waals surface area contributed by atoms with E-state index in [9.17, 15) is 9.18 Å². The standard InChI is InChI=1S/C15H15FN4O2/c16-13-4-1-8(6-17-13)12-7-18-15(22-12)14(21)20-11-5-9-2-3-10(11)19-9/h1,4,6-7,9-11,19H,2-3,5H2,(H,20,21)/t9-,10+,11-/m1/s1. The van der Waals surface area contributed by atoms with Crippen LogP contribution in [0.4, 0.5) is 4.39 Å². The summed E-state index contributed by atoms with van der Waals surface area (Å²) in [5, 5.41) is 6.43. The van der Waals surface area contributed by atoms with Gasteiger partial charge in [-0.05, 0) is 31.4 Å². The highest BCUT2D eigenvalue weighted by molar-refractivity contribution is 5.90. The first-order valence-corrected chi connectivity index (χ1v) is 7.34. The summed E-state index contributed by atoms with van der Waals surface area (Å²) in [5.41, 5.74) is 0.578. The van der Waals surface area contributed by atoms with Gasteiger partial charge in [-0.1, -0.05) is 0 Å². The number of nitrogens with one attached hydrogen (secondary N) is 2. The minimum absolute atomic E-state index is 0.0158. The molecule has 0 aromatic carbocycles. The van der Waals surface area contributed by atoms with E-state index in [1.165, 1.54) is 30.9 Å². The molecule has 4 rings (SSSR count). The predicted octanol–water partition coefficient (Wildman–Crippen LogP) is 1.50. The van der Waals surface area contributed by atoms with E-state index >= 15 is 0 Å². The molecule has 0 unspecified atom stereocenters. The molecule has 4 heterocycles. The van der Waals surface area contributed by atoms with Crippen LogP contribution in [0.15, 0.2) is 28.9 Å². The Kier molecular flexibility index (Phi) is 3.15. The summed E-state index contributed by atoms with van der Waals surface area (Å²) >= 11 is 0. The molecule has 3 atom stereocenters. The Morgan fingerprint density at radius 1 is 1.32 bits per heavy atom. The predicted molar refractivity (Wildman–Crippen MR) is 75.5 cm³/mol. The second-order valence-electron chi connectivity index (χ2n) is 5.76. The van der Waals surface area contributed by atoms with Crippen LogP contribution in [-0.4, -0.2) is 34.0 Å². The van der Waals surface area contributed by atoms with Gasteiger partial charge in [0, 0.05) is 29.9 Å². The lowest BCUT2D eigenvalue weighted by molar-refractivity contribution is 0.0896. The van der Waals surface area contributed by atoms with Crippen molar-refractivity contribution in [1.82, 2.24) is 20.6 Å². The maximum Gasteiger partial charge on any atom is 0.307 e. The van der Waals surface area contributed by atoms with Crippen LogP contribution in [0.1, 0.15) is 29.9 Å². The molecular weight excluding hydrogens is 287 g/mol. The minimum Gasteiger partial charge on any atom is -0.432 e. The van der Waals surface area contributed by atoms with E-state index in [0.717, 1.165) is 12.8 Å². The number of amides is 1. The fourth-order valence-electron chi connectivity index (χ4n) is 3.25. The minimum atomic E-state index is -0.565. The largest absolute Gasteiger partial charge is 0.432 e. The number of fused-ring (bicyclic) bond motifs is 2. The van der Waals surface area contributed by atoms with Crippen molar-refractivity contribution in [3.63, 3.8) is 0 Å². The number of carbonyl (C=O) groups excluding carboxylic acids is 1. The Bertz CT molecular complexity index is 700. The lowest BCUT2D eigenvalue weighted by Crippen LogP contribution is -2.43. The zero-order valence-corrected chi connectivity index (χ0v) is 11.8. The number of pyridine rings is 1. The van der Waals surface area contributed by atoms with Crippen LogP contribution < -0.4 is 10.6 Å². The lowest BCUT2D eigenvalue weighted by Gasteiger charge is -2.20. The maximum atomic E-state index is 12.8. The van der Waals surface area contributed by atoms with Gasteiger partial charge < -0.3 is 15.1 Å². The summed E-state index contributed by atoms with van der Waals surface area (Å²) in [5.74, 6) is -0.475. The topological polar surface area (TPSA) is 80.0 Å². The average molecular weight is 302 g/mol. The number of aromatic nitrogens is 2. The Morgan fingerprint density at radius 3 is 2.91 bits per heavy atom. The summed E-state index contributed by atoms with van der Waals surface area (Å²) < 4.78 is 18.3. The smallest absolute Gasteiger partial charge is 0.307 e. The fraction of sp³-hybridized carbons (Fsp3) is 0.400. The van der Waals surface area contributed by atoms with E-state index in [4.69, 9.17) is 4.42 Å². The second-order valence-corrected chi connectivity index (χ2v) is 5.76. The number of nitrogens with zero attached hydrogens (tertiary/aromatic N) is 2. The van der Waals surface area contributed by atoms with E-state index in [2.05, 4.69) is 20.6 Å². The van der Waals surface area contributed by atoms with Gasteiger partial charge in [0.05, 0.1) is 6.20 Å². The van der Waals surface area contributed by atoms with Gasteiger partial charge in [-0.15, -0.1) is 0 Å². The molecule has 2 aromatic heterocycles. The van der Waals surface area contributed by atoms with Gasteiger partial charge in [0.25, 0.3) is 5.89 Å². The first-order valence-electron chi connectivity index (χ1n) is 7.34. The van der Waals surface area contributed by atoms with Crippen molar-refractivity contribution in [2.75, 3.05) is 0 Å². The first kappa shape index (κ1) is 13.4. The van der Waals surface area contributed by atoms with Crippen molar-refractivity contribution in [3.8, 4) is 11.3 Å². The summed E-state index contributed by atoms with van der Waals surface area (Å²) in [6.07, 6.45) is 6.01. The zero-order valence-electron chi connectivity index (χ0n) is 11.8. The van der Waals surface area contributed by atoms with Gasteiger partial charge in [0.15, 0.2) is 5.76 Å². The van der Waals surface area contributed by atoms with E-state index in [1.807, 2.05) is 0 Å². The molecule has 1 amide bonds. The number of hydrogen-bond donors (Lipinski definition) is 2. The third kappa shape index (κ3) is 2.37. The third-order valence-electron chi connectivity index (χ3n) is 4.33. The Labute approximate surface area is 126 Å². The molecule has 2 N–H and O–H groups in total. The highest BCUT2D eigenvalue weighted by atomic mass is 19.1. The van der Waals surface area contributed by atoms with Crippen molar-refractivity contribution in [3.05, 3.63) is 36.4 Å². The lowest BCUT2D eigenvalue weighted by atomic mass is 9.95. The van der Waals surface area contributed by atoms with E-state index in [0.29, 0.717) is 23.4 Å². The van der Waals surface area contributed by atoms with Crippen molar-refractivity contribution >= 4 is 5.91 Å². The van der Waals surface area contributed by atoms with Gasteiger partial charge in [-0.3, -0.25) is 4.79 Å². The zero-order chi connectivity index (χ0) is 15.1. The van der Waals surface area contributed by atoms with Crippen LogP contribution in [0, 0.1) is 5.95 Å². The van der Waals surface area contributed by atoms with Crippen LogP contribution in [0.2, 0.25) is 0 Å². The maximum absolute atomic E-state index is 12.8. The molecule has 2 saturated heterocycles. The molecule has 2 aliphatic rings. The highest BCUT2D eigenvalue weighted by Crippen LogP contribution is 2.28. The number of rotatable bonds is 3. The molecule has 0 saturated carbocycles. The van der Waals surface area contributed by atoms with Crippen molar-refractivity contribution in [2.45, 2.75) is 37.4 Å². The number of halogens is 1. The van der Waals surface area contributed by atoms with Crippen LogP contribution in [-0.2, 0) is 0 Å². The van der Waals surface area contributed by atoms with E-state index in [1.54, 1.807) is 0 Å². The van der Waals surface area contributed by atoms with Crippen molar-refractivity contribution in [2.24, 2.45) is 0 Å². The fourth-order valence-corrected chi connectivity index (χ4v) is 3.25. The molecule has 2 aliphatic heterocycles. The van der Waals surface area contributed by atoms with Crippen LogP contribution >= 0.6 is 0 Å². The Hall–Kier alpha value is -2.28. The average Bonchev–Trinajstić information content (AvgIpc) is 3.24. The molecule has 2 bridgehead atoms. The SMILES string of the molecule is O=C(N[C@@H]1C[C@H]2CC[C@@H]1N2)c1ncc(-c2ccc(F)nc2)o1. The molecule has 6 nitrogen and oxygen atoms in total. The molecule has 0 spiro atoms. The van der Waals surface area contributed by atoms with Crippen molar-refractivity contribution < 1.29 is 13.6 Å². The summed E-state index contributed by atoms with van der Waals surface area (Å²) in [6, 6.07) is 3.77. The quantitative estimate of drug-likeness (QED) is 0.840.